The van der Waals surface area contributed by atoms with Crippen molar-refractivity contribution in [2.75, 3.05) is 0 Å². The van der Waals surface area contributed by atoms with Crippen LogP contribution in [-0.4, -0.2) is 11.7 Å². The molecule has 5 heteroatoms. The van der Waals surface area contributed by atoms with Crippen molar-refractivity contribution >= 4 is 50.0 Å². The van der Waals surface area contributed by atoms with Crippen LogP contribution in [0.15, 0.2) is 214 Å². The molecule has 0 spiro atoms. The maximum atomic E-state index is 6.76. The third-order valence-corrected chi connectivity index (χ3v) is 12.0. The molecule has 0 N–H and O–H groups in total. The van der Waals surface area contributed by atoms with Gasteiger partial charge in [0.25, 0.3) is 0 Å². The fourth-order valence-electron chi connectivity index (χ4n) is 9.01. The second kappa shape index (κ2) is 14.0. The fraction of sp³-hybridized carbons (Fsp3) is 0.0545. The van der Waals surface area contributed by atoms with Gasteiger partial charge in [-0.3, -0.25) is 4.99 Å². The third-order valence-electron chi connectivity index (χ3n) is 12.0. The average molecular weight is 771 g/mol. The fourth-order valence-corrected chi connectivity index (χ4v) is 9.01. The van der Waals surface area contributed by atoms with E-state index in [1.54, 1.807) is 0 Å². The van der Waals surface area contributed by atoms with Crippen LogP contribution in [-0.2, 0) is 0 Å². The highest BCUT2D eigenvalue weighted by Gasteiger charge is 2.31. The summed E-state index contributed by atoms with van der Waals surface area (Å²) in [6.45, 7) is 0. The van der Waals surface area contributed by atoms with Gasteiger partial charge in [0.15, 0.2) is 0 Å². The highest BCUT2D eigenvalue weighted by atomic mass is 16.5. The zero-order valence-electron chi connectivity index (χ0n) is 32.5. The van der Waals surface area contributed by atoms with Crippen LogP contribution < -0.4 is 4.74 Å². The molecule has 2 unspecified atom stereocenters. The van der Waals surface area contributed by atoms with E-state index in [0.717, 1.165) is 89.6 Å². The zero-order valence-corrected chi connectivity index (χ0v) is 32.5. The molecule has 0 bridgehead atoms. The molecule has 2 atom stereocenters. The van der Waals surface area contributed by atoms with Crippen molar-refractivity contribution < 1.29 is 9.15 Å². The Balaban J connectivity index is 0.996. The predicted molar refractivity (Wildman–Crippen MR) is 245 cm³/mol. The monoisotopic (exact) mass is 770 g/mol. The van der Waals surface area contributed by atoms with Crippen LogP contribution in [0.2, 0.25) is 0 Å². The lowest BCUT2D eigenvalue weighted by Gasteiger charge is -2.32. The smallest absolute Gasteiger partial charge is 0.136 e. The Hall–Kier alpha value is -7.76. The number of ether oxygens (including phenoxy) is 1. The first-order valence-electron chi connectivity index (χ1n) is 20.5. The number of fused-ring (bicyclic) bond motifs is 8. The average Bonchev–Trinajstić information content (AvgIpc) is 3.90. The van der Waals surface area contributed by atoms with E-state index in [-0.39, 0.29) is 5.92 Å². The number of aliphatic imine (C=N–C) groups is 2. The van der Waals surface area contributed by atoms with Crippen molar-refractivity contribution in [3.05, 3.63) is 233 Å². The Labute approximate surface area is 347 Å². The van der Waals surface area contributed by atoms with Gasteiger partial charge in [-0.1, -0.05) is 170 Å². The van der Waals surface area contributed by atoms with E-state index in [0.29, 0.717) is 11.7 Å². The van der Waals surface area contributed by atoms with E-state index < -0.39 is 6.17 Å². The summed E-state index contributed by atoms with van der Waals surface area (Å²) in [7, 11) is 0. The molecule has 1 aliphatic carbocycles. The first-order valence-corrected chi connectivity index (χ1v) is 20.5. The van der Waals surface area contributed by atoms with Gasteiger partial charge in [-0.05, 0) is 92.1 Å². The van der Waals surface area contributed by atoms with Crippen LogP contribution >= 0.6 is 0 Å². The Kier molecular flexibility index (Phi) is 7.98. The van der Waals surface area contributed by atoms with Crippen molar-refractivity contribution in [3.8, 4) is 28.0 Å². The van der Waals surface area contributed by atoms with Gasteiger partial charge in [0, 0.05) is 27.8 Å². The maximum absolute atomic E-state index is 6.76. The van der Waals surface area contributed by atoms with Crippen molar-refractivity contribution in [2.24, 2.45) is 9.98 Å². The number of rotatable bonds is 6. The van der Waals surface area contributed by atoms with Gasteiger partial charge < -0.3 is 19.5 Å². The molecule has 60 heavy (non-hydrogen) atoms. The number of amidine groups is 2. The molecular formula is C55H36N3O2-. The molecule has 284 valence electrons. The molecule has 0 fully saturated rings. The Morgan fingerprint density at radius 1 is 0.550 bits per heavy atom. The highest BCUT2D eigenvalue weighted by Crippen LogP contribution is 2.47. The molecule has 8 aromatic carbocycles. The van der Waals surface area contributed by atoms with E-state index in [4.69, 9.17) is 24.5 Å². The minimum absolute atomic E-state index is 0.282. The summed E-state index contributed by atoms with van der Waals surface area (Å²) in [5.41, 5.74) is 12.4. The summed E-state index contributed by atoms with van der Waals surface area (Å²) < 4.78 is 13.1. The first kappa shape index (κ1) is 34.3. The predicted octanol–water partition coefficient (Wildman–Crippen LogP) is 14.2. The minimum atomic E-state index is -0.500. The second-order valence-electron chi connectivity index (χ2n) is 15.6. The number of nitrogens with zero attached hydrogens (tertiary/aromatic N) is 3. The topological polar surface area (TPSA) is 61.2 Å². The van der Waals surface area contributed by atoms with Crippen LogP contribution in [0.5, 0.6) is 5.75 Å². The molecule has 0 radical (unpaired) electrons. The number of allylic oxidation sites excluding steroid dienone is 4. The third kappa shape index (κ3) is 5.85. The number of benzene rings is 8. The minimum Gasteiger partial charge on any atom is -0.461 e. The number of hydrogen-bond donors (Lipinski definition) is 0. The van der Waals surface area contributed by atoms with Gasteiger partial charge in [-0.25, -0.2) is 0 Å². The molecule has 5 nitrogen and oxygen atoms in total. The Morgan fingerprint density at radius 3 is 2.07 bits per heavy atom. The van der Waals surface area contributed by atoms with Gasteiger partial charge in [0.2, 0.25) is 0 Å². The molecule has 12 rings (SSSR count). The van der Waals surface area contributed by atoms with E-state index in [9.17, 15) is 0 Å². The summed E-state index contributed by atoms with van der Waals surface area (Å²) in [6.07, 6.45) is 4.95. The molecule has 2 aliphatic heterocycles. The lowest BCUT2D eigenvalue weighted by Crippen LogP contribution is -2.16. The summed E-state index contributed by atoms with van der Waals surface area (Å²) in [5, 5.41) is 9.48. The summed E-state index contributed by atoms with van der Waals surface area (Å²) in [6, 6.07) is 63.4. The van der Waals surface area contributed by atoms with E-state index >= 15 is 0 Å². The number of hydrogen-bond acceptors (Lipinski definition) is 4. The normalized spacial score (nSPS) is 16.9. The Morgan fingerprint density at radius 2 is 1.23 bits per heavy atom. The van der Waals surface area contributed by atoms with Crippen molar-refractivity contribution in [2.45, 2.75) is 18.5 Å². The molecule has 3 aliphatic rings. The standard InChI is InChI=1S/C55H36N3O2/c1-3-11-34(12-4-1)35-23-25-40(26-24-35)54-56-53(39-14-5-2-6-15-39)57-55(58-54)46-31-42(33-50-52(46)51-43-16-8-7-13-38(43)28-30-48(51)60-50)37-21-19-36(20-22-37)41-27-29-45-44-17-9-10-18-47(44)59-49(45)32-41/h1-28,30-33,45,54H,29H2/q-1. The largest absolute Gasteiger partial charge is 0.461 e. The van der Waals surface area contributed by atoms with Crippen LogP contribution in [0.4, 0.5) is 0 Å². The van der Waals surface area contributed by atoms with Crippen molar-refractivity contribution in [1.82, 2.24) is 0 Å². The summed E-state index contributed by atoms with van der Waals surface area (Å²) in [4.78, 5) is 10.6. The molecule has 0 saturated carbocycles. The molecule has 0 amide bonds. The quantitative estimate of drug-likeness (QED) is 0.169. The summed E-state index contributed by atoms with van der Waals surface area (Å²) in [5.74, 6) is 3.53. The lowest BCUT2D eigenvalue weighted by atomic mass is 9.87. The van der Waals surface area contributed by atoms with Gasteiger partial charge >= 0.3 is 0 Å². The Bertz CT molecular complexity index is 3270. The molecule has 3 heterocycles. The van der Waals surface area contributed by atoms with Crippen molar-refractivity contribution in [3.63, 3.8) is 0 Å². The van der Waals surface area contributed by atoms with Gasteiger partial charge in [-0.2, -0.15) is 0 Å². The van der Waals surface area contributed by atoms with Gasteiger partial charge in [0.05, 0.1) is 12.0 Å². The summed E-state index contributed by atoms with van der Waals surface area (Å²) >= 11 is 0. The zero-order chi connectivity index (χ0) is 39.6. The van der Waals surface area contributed by atoms with Gasteiger partial charge in [-0.15, -0.1) is 0 Å². The van der Waals surface area contributed by atoms with Crippen LogP contribution in [0.1, 0.15) is 46.3 Å². The first-order chi connectivity index (χ1) is 29.7. The van der Waals surface area contributed by atoms with E-state index in [1.165, 1.54) is 16.7 Å². The van der Waals surface area contributed by atoms with Crippen molar-refractivity contribution in [1.29, 1.82) is 0 Å². The molecule has 9 aromatic rings. The second-order valence-corrected chi connectivity index (χ2v) is 15.6. The van der Waals surface area contributed by atoms with Gasteiger partial charge in [0.1, 0.15) is 22.7 Å². The number of para-hydroxylation sites is 1. The number of furan rings is 1. The van der Waals surface area contributed by atoms with Crippen LogP contribution in [0, 0.1) is 0 Å². The SMILES string of the molecule is C1=C(c2ccc(-c3cc(C4=NC(c5ccc(-c6ccccc6)cc5)[N-]C(c5ccccc5)=N4)c4c(c3)oc3ccc5ccccc5c34)cc2)C=C2Oc3ccccc3C2C1. The molecule has 1 aromatic heterocycles. The maximum Gasteiger partial charge on any atom is 0.136 e. The van der Waals surface area contributed by atoms with Crippen LogP contribution in [0.25, 0.3) is 65.9 Å². The molecule has 0 saturated heterocycles. The van der Waals surface area contributed by atoms with Crippen LogP contribution in [0.3, 0.4) is 0 Å². The molecular weight excluding hydrogens is 735 g/mol. The highest BCUT2D eigenvalue weighted by molar-refractivity contribution is 6.28. The van der Waals surface area contributed by atoms with E-state index in [2.05, 4.69) is 164 Å². The van der Waals surface area contributed by atoms with E-state index in [1.807, 2.05) is 30.3 Å². The lowest BCUT2D eigenvalue weighted by molar-refractivity contribution is 0.426.